The number of amides is 1. The molecule has 144 valence electrons. The Morgan fingerprint density at radius 2 is 1.59 bits per heavy atom. The van der Waals surface area contributed by atoms with Crippen molar-refractivity contribution in [1.82, 2.24) is 0 Å². The van der Waals surface area contributed by atoms with Crippen LogP contribution in [0.4, 0.5) is 0 Å². The smallest absolute Gasteiger partial charge is 0.380 e. The number of esters is 1. The topological polar surface area (TPSA) is 91.8 Å². The Balaban J connectivity index is 1.64. The van der Waals surface area contributed by atoms with Gasteiger partial charge in [-0.2, -0.15) is 0 Å². The fraction of sp³-hybridized carbons (Fsp3) is 0.0435. The molecule has 0 spiro atoms. The molecule has 0 aliphatic rings. The van der Waals surface area contributed by atoms with Crippen molar-refractivity contribution in [1.29, 1.82) is 0 Å². The maximum atomic E-state index is 12.8. The molecule has 0 aliphatic heterocycles. The minimum atomic E-state index is -0.686. The third-order valence-corrected chi connectivity index (χ3v) is 4.34. The molecule has 3 aromatic carbocycles. The molecule has 0 atom stereocenters. The van der Waals surface area contributed by atoms with Crippen LogP contribution in [-0.2, 0) is 6.61 Å². The highest BCUT2D eigenvalue weighted by atomic mass is 16.5. The van der Waals surface area contributed by atoms with Gasteiger partial charge in [0.15, 0.2) is 0 Å². The highest BCUT2D eigenvalue weighted by Gasteiger charge is 2.23. The van der Waals surface area contributed by atoms with Gasteiger partial charge in [0.2, 0.25) is 11.7 Å². The summed E-state index contributed by atoms with van der Waals surface area (Å²) < 4.78 is 17.0. The summed E-state index contributed by atoms with van der Waals surface area (Å²) >= 11 is 0. The van der Waals surface area contributed by atoms with Crippen LogP contribution in [-0.4, -0.2) is 11.9 Å². The van der Waals surface area contributed by atoms with Gasteiger partial charge in [-0.25, -0.2) is 4.79 Å². The second-order valence-corrected chi connectivity index (χ2v) is 6.29. The molecule has 1 heterocycles. The lowest BCUT2D eigenvalue weighted by Gasteiger charge is -2.07. The van der Waals surface area contributed by atoms with Crippen LogP contribution in [0.1, 0.15) is 26.5 Å². The molecule has 6 nitrogen and oxygen atoms in total. The van der Waals surface area contributed by atoms with Gasteiger partial charge in [-0.3, -0.25) is 4.79 Å². The number of rotatable bonds is 6. The van der Waals surface area contributed by atoms with Gasteiger partial charge in [-0.15, -0.1) is 0 Å². The summed E-state index contributed by atoms with van der Waals surface area (Å²) in [5, 5.41) is 0.765. The molecule has 2 N–H and O–H groups in total. The van der Waals surface area contributed by atoms with Crippen molar-refractivity contribution in [3.05, 3.63) is 95.7 Å². The predicted octanol–water partition coefficient (Wildman–Crippen LogP) is 4.33. The first-order chi connectivity index (χ1) is 14.1. The van der Waals surface area contributed by atoms with Crippen LogP contribution < -0.4 is 15.2 Å². The van der Waals surface area contributed by atoms with E-state index in [9.17, 15) is 9.59 Å². The van der Waals surface area contributed by atoms with Crippen LogP contribution in [0.15, 0.2) is 83.3 Å². The number of benzene rings is 3. The lowest BCUT2D eigenvalue weighted by atomic mass is 10.1. The molecule has 4 rings (SSSR count). The predicted molar refractivity (Wildman–Crippen MR) is 107 cm³/mol. The zero-order valence-electron chi connectivity index (χ0n) is 15.3. The van der Waals surface area contributed by atoms with E-state index in [2.05, 4.69) is 0 Å². The number of hydrogen-bond donors (Lipinski definition) is 1. The summed E-state index contributed by atoms with van der Waals surface area (Å²) in [5.41, 5.74) is 6.66. The van der Waals surface area contributed by atoms with E-state index in [1.165, 1.54) is 6.07 Å². The second-order valence-electron chi connectivity index (χ2n) is 6.29. The summed E-state index contributed by atoms with van der Waals surface area (Å²) in [5.74, 6) is -0.377. The van der Waals surface area contributed by atoms with E-state index >= 15 is 0 Å². The number of hydrogen-bond acceptors (Lipinski definition) is 5. The van der Waals surface area contributed by atoms with Crippen LogP contribution in [0.5, 0.6) is 11.5 Å². The maximum absolute atomic E-state index is 12.8. The second kappa shape index (κ2) is 7.90. The van der Waals surface area contributed by atoms with Gasteiger partial charge in [0, 0.05) is 10.9 Å². The first-order valence-electron chi connectivity index (χ1n) is 8.92. The molecule has 0 fully saturated rings. The van der Waals surface area contributed by atoms with Crippen LogP contribution >= 0.6 is 0 Å². The van der Waals surface area contributed by atoms with Gasteiger partial charge in [-0.05, 0) is 36.4 Å². The zero-order chi connectivity index (χ0) is 20.2. The summed E-state index contributed by atoms with van der Waals surface area (Å²) in [7, 11) is 0. The molecule has 0 saturated carbocycles. The molecule has 1 aromatic heterocycles. The number of fused-ring (bicyclic) bond motifs is 1. The maximum Gasteiger partial charge on any atom is 0.380 e. The number of primary amides is 1. The first kappa shape index (κ1) is 18.3. The number of ether oxygens (including phenoxy) is 2. The average Bonchev–Trinajstić information content (AvgIpc) is 3.12. The molecule has 29 heavy (non-hydrogen) atoms. The van der Waals surface area contributed by atoms with E-state index in [4.69, 9.17) is 19.6 Å². The molecule has 4 aromatic rings. The standard InChI is InChI=1S/C23H17NO5/c24-22(25)15-7-6-10-17(13-15)28-23(26)21-19(14-27-16-8-2-1-3-9-16)18-11-4-5-12-20(18)29-21/h1-13H,14H2,(H2,24,25). The van der Waals surface area contributed by atoms with Gasteiger partial charge in [0.05, 0.1) is 5.56 Å². The van der Waals surface area contributed by atoms with Gasteiger partial charge in [-0.1, -0.05) is 42.5 Å². The quantitative estimate of drug-likeness (QED) is 0.393. The fourth-order valence-corrected chi connectivity index (χ4v) is 2.95. The highest BCUT2D eigenvalue weighted by Crippen LogP contribution is 2.28. The van der Waals surface area contributed by atoms with Crippen molar-refractivity contribution in [3.63, 3.8) is 0 Å². The van der Waals surface area contributed by atoms with Crippen LogP contribution in [0.2, 0.25) is 0 Å². The number of furan rings is 1. The average molecular weight is 387 g/mol. The van der Waals surface area contributed by atoms with Crippen molar-refractivity contribution in [2.75, 3.05) is 0 Å². The van der Waals surface area contributed by atoms with E-state index in [0.29, 0.717) is 16.9 Å². The molecular weight excluding hydrogens is 370 g/mol. The molecule has 1 amide bonds. The van der Waals surface area contributed by atoms with E-state index in [1.807, 2.05) is 48.5 Å². The Bertz CT molecular complexity index is 1180. The van der Waals surface area contributed by atoms with Crippen molar-refractivity contribution in [2.45, 2.75) is 6.61 Å². The van der Waals surface area contributed by atoms with Gasteiger partial charge in [0.1, 0.15) is 23.7 Å². The highest BCUT2D eigenvalue weighted by molar-refractivity contribution is 5.97. The van der Waals surface area contributed by atoms with E-state index in [1.54, 1.807) is 24.3 Å². The Kier molecular flexibility index (Phi) is 4.99. The third-order valence-electron chi connectivity index (χ3n) is 4.34. The number of carbonyl (C=O) groups is 2. The summed E-state index contributed by atoms with van der Waals surface area (Å²) in [6.45, 7) is 0.132. The lowest BCUT2D eigenvalue weighted by Crippen LogP contribution is -2.13. The van der Waals surface area contributed by atoms with E-state index < -0.39 is 11.9 Å². The lowest BCUT2D eigenvalue weighted by molar-refractivity contribution is 0.0699. The molecule has 0 radical (unpaired) electrons. The minimum absolute atomic E-state index is 0.0478. The van der Waals surface area contributed by atoms with Crippen molar-refractivity contribution in [2.24, 2.45) is 5.73 Å². The first-order valence-corrected chi connectivity index (χ1v) is 8.92. The van der Waals surface area contributed by atoms with Crippen molar-refractivity contribution >= 4 is 22.8 Å². The molecule has 0 bridgehead atoms. The molecule has 0 aliphatic carbocycles. The Labute approximate surface area is 166 Å². The summed E-state index contributed by atoms with van der Waals surface area (Å²) in [6, 6.07) is 22.7. The minimum Gasteiger partial charge on any atom is -0.489 e. The van der Waals surface area contributed by atoms with Crippen LogP contribution in [0.3, 0.4) is 0 Å². The summed E-state index contributed by atoms with van der Waals surface area (Å²) in [6.07, 6.45) is 0. The van der Waals surface area contributed by atoms with E-state index in [0.717, 1.165) is 5.39 Å². The number of nitrogens with two attached hydrogens (primary N) is 1. The summed E-state index contributed by atoms with van der Waals surface area (Å²) in [4.78, 5) is 24.2. The normalized spacial score (nSPS) is 10.6. The zero-order valence-corrected chi connectivity index (χ0v) is 15.3. The van der Waals surface area contributed by atoms with Gasteiger partial charge in [0.25, 0.3) is 0 Å². The molecule has 0 unspecified atom stereocenters. The number of carbonyl (C=O) groups excluding carboxylic acids is 2. The van der Waals surface area contributed by atoms with Gasteiger partial charge >= 0.3 is 5.97 Å². The largest absolute Gasteiger partial charge is 0.489 e. The fourth-order valence-electron chi connectivity index (χ4n) is 2.95. The Morgan fingerprint density at radius 1 is 0.862 bits per heavy atom. The van der Waals surface area contributed by atoms with E-state index in [-0.39, 0.29) is 23.7 Å². The van der Waals surface area contributed by atoms with Gasteiger partial charge < -0.3 is 19.6 Å². The Hall–Kier alpha value is -4.06. The molecular formula is C23H17NO5. The SMILES string of the molecule is NC(=O)c1cccc(OC(=O)c2oc3ccccc3c2COc2ccccc2)c1. The van der Waals surface area contributed by atoms with Crippen molar-refractivity contribution in [3.8, 4) is 11.5 Å². The number of para-hydroxylation sites is 2. The van der Waals surface area contributed by atoms with Crippen molar-refractivity contribution < 1.29 is 23.5 Å². The van der Waals surface area contributed by atoms with Crippen LogP contribution in [0.25, 0.3) is 11.0 Å². The molecule has 6 heteroatoms. The third kappa shape index (κ3) is 3.96. The monoisotopic (exact) mass is 387 g/mol. The van der Waals surface area contributed by atoms with Crippen LogP contribution in [0, 0.1) is 0 Å². The Morgan fingerprint density at radius 3 is 2.38 bits per heavy atom. The molecule has 0 saturated heterocycles.